The maximum Gasteiger partial charge on any atom is 0.0726 e. The summed E-state index contributed by atoms with van der Waals surface area (Å²) in [6, 6.07) is 12.8. The van der Waals surface area contributed by atoms with E-state index in [-0.39, 0.29) is 6.61 Å². The Labute approximate surface area is 154 Å². The van der Waals surface area contributed by atoms with Crippen molar-refractivity contribution in [3.8, 4) is 0 Å². The Morgan fingerprint density at radius 3 is 2.73 bits per heavy atom. The van der Waals surface area contributed by atoms with Gasteiger partial charge in [0.2, 0.25) is 0 Å². The van der Waals surface area contributed by atoms with E-state index >= 15 is 0 Å². The number of aliphatic hydroxyl groups excluding tert-OH is 1. The third-order valence-electron chi connectivity index (χ3n) is 5.42. The van der Waals surface area contributed by atoms with E-state index in [0.717, 1.165) is 43.6 Å². The van der Waals surface area contributed by atoms with E-state index in [1.165, 1.54) is 16.8 Å². The first kappa shape index (κ1) is 17.0. The molecule has 0 aliphatic carbocycles. The van der Waals surface area contributed by atoms with Gasteiger partial charge in [-0.1, -0.05) is 25.1 Å². The van der Waals surface area contributed by atoms with Crippen molar-refractivity contribution in [1.29, 1.82) is 0 Å². The van der Waals surface area contributed by atoms with Crippen molar-refractivity contribution < 1.29 is 5.11 Å². The van der Waals surface area contributed by atoms with Crippen molar-refractivity contribution in [2.24, 2.45) is 0 Å². The minimum absolute atomic E-state index is 0.135. The molecule has 26 heavy (non-hydrogen) atoms. The van der Waals surface area contributed by atoms with Gasteiger partial charge >= 0.3 is 0 Å². The normalized spacial score (nSPS) is 15.7. The summed E-state index contributed by atoms with van der Waals surface area (Å²) < 4.78 is 1.96. The molecule has 0 unspecified atom stereocenters. The van der Waals surface area contributed by atoms with Crippen LogP contribution in [-0.2, 0) is 13.0 Å². The molecule has 3 heterocycles. The van der Waals surface area contributed by atoms with Crippen LogP contribution in [-0.4, -0.2) is 39.6 Å². The quantitative estimate of drug-likeness (QED) is 0.766. The second-order valence-corrected chi connectivity index (χ2v) is 6.97. The number of anilines is 1. The fourth-order valence-electron chi connectivity index (χ4n) is 4.04. The van der Waals surface area contributed by atoms with Crippen LogP contribution in [0, 0.1) is 0 Å². The number of hydrogen-bond donors (Lipinski definition) is 1. The van der Waals surface area contributed by atoms with Crippen LogP contribution in [0.4, 0.5) is 5.69 Å². The second kappa shape index (κ2) is 7.46. The van der Waals surface area contributed by atoms with Crippen molar-refractivity contribution in [1.82, 2.24) is 14.8 Å². The molecular formula is C21H26N4O. The molecule has 1 N–H and O–H groups in total. The Morgan fingerprint density at radius 1 is 1.15 bits per heavy atom. The summed E-state index contributed by atoms with van der Waals surface area (Å²) in [5.41, 5.74) is 4.81. The number of rotatable bonds is 5. The van der Waals surface area contributed by atoms with Crippen LogP contribution in [0.5, 0.6) is 0 Å². The monoisotopic (exact) mass is 350 g/mol. The third kappa shape index (κ3) is 3.19. The standard InChI is InChI=1S/C21H26N4O/c1-2-17-15-21(18-5-3-4-6-19(18)23-17)24-11-8-16(9-12-24)20-7-10-22-25(20)13-14-26/h3-7,10,15-16,26H,2,8-9,11-14H2,1H3. The molecular weight excluding hydrogens is 324 g/mol. The summed E-state index contributed by atoms with van der Waals surface area (Å²) in [5, 5.41) is 14.8. The number of para-hydroxylation sites is 1. The molecule has 0 atom stereocenters. The van der Waals surface area contributed by atoms with Gasteiger partial charge in [0.15, 0.2) is 0 Å². The lowest BCUT2D eigenvalue weighted by atomic mass is 9.92. The van der Waals surface area contributed by atoms with E-state index in [2.05, 4.69) is 53.3 Å². The number of aryl methyl sites for hydroxylation is 1. The summed E-state index contributed by atoms with van der Waals surface area (Å²) in [6.45, 7) is 4.95. The van der Waals surface area contributed by atoms with Crippen LogP contribution in [0.1, 0.15) is 37.1 Å². The first-order chi connectivity index (χ1) is 12.8. The Hall–Kier alpha value is -2.40. The minimum Gasteiger partial charge on any atom is -0.394 e. The average Bonchev–Trinajstić information content (AvgIpc) is 3.16. The fraction of sp³-hybridized carbons (Fsp3) is 0.429. The molecule has 0 radical (unpaired) electrons. The summed E-state index contributed by atoms with van der Waals surface area (Å²) >= 11 is 0. The van der Waals surface area contributed by atoms with Gasteiger partial charge in [-0.2, -0.15) is 5.10 Å². The largest absolute Gasteiger partial charge is 0.394 e. The van der Waals surface area contributed by atoms with Gasteiger partial charge in [0.25, 0.3) is 0 Å². The molecule has 1 fully saturated rings. The summed E-state index contributed by atoms with van der Waals surface area (Å²) in [7, 11) is 0. The van der Waals surface area contributed by atoms with Crippen molar-refractivity contribution in [3.63, 3.8) is 0 Å². The molecule has 5 heteroatoms. The van der Waals surface area contributed by atoms with Crippen LogP contribution in [0.3, 0.4) is 0 Å². The lowest BCUT2D eigenvalue weighted by molar-refractivity contribution is 0.265. The highest BCUT2D eigenvalue weighted by Crippen LogP contribution is 2.33. The lowest BCUT2D eigenvalue weighted by Crippen LogP contribution is -2.34. The molecule has 4 rings (SSSR count). The molecule has 1 aliphatic heterocycles. The highest BCUT2D eigenvalue weighted by molar-refractivity contribution is 5.92. The molecule has 136 valence electrons. The average molecular weight is 350 g/mol. The predicted molar refractivity (Wildman–Crippen MR) is 105 cm³/mol. The summed E-state index contributed by atoms with van der Waals surface area (Å²) in [5.74, 6) is 0.513. The van der Waals surface area contributed by atoms with Crippen molar-refractivity contribution >= 4 is 16.6 Å². The lowest BCUT2D eigenvalue weighted by Gasteiger charge is -2.34. The van der Waals surface area contributed by atoms with Gasteiger partial charge in [-0.05, 0) is 37.5 Å². The van der Waals surface area contributed by atoms with E-state index in [1.807, 2.05) is 10.9 Å². The number of piperidine rings is 1. The molecule has 0 amide bonds. The molecule has 2 aromatic heterocycles. The van der Waals surface area contributed by atoms with Gasteiger partial charge < -0.3 is 10.0 Å². The van der Waals surface area contributed by atoms with Crippen LogP contribution < -0.4 is 4.90 Å². The van der Waals surface area contributed by atoms with E-state index in [0.29, 0.717) is 12.5 Å². The SMILES string of the molecule is CCc1cc(N2CCC(c3ccnn3CCO)CC2)c2ccccc2n1. The number of benzene rings is 1. The van der Waals surface area contributed by atoms with Gasteiger partial charge in [-0.3, -0.25) is 9.67 Å². The smallest absolute Gasteiger partial charge is 0.0726 e. The van der Waals surface area contributed by atoms with Crippen LogP contribution >= 0.6 is 0 Å². The number of fused-ring (bicyclic) bond motifs is 1. The van der Waals surface area contributed by atoms with Crippen molar-refractivity contribution in [2.45, 2.75) is 38.6 Å². The number of hydrogen-bond acceptors (Lipinski definition) is 4. The van der Waals surface area contributed by atoms with E-state index in [4.69, 9.17) is 4.98 Å². The third-order valence-corrected chi connectivity index (χ3v) is 5.42. The molecule has 1 aromatic carbocycles. The van der Waals surface area contributed by atoms with Gasteiger partial charge in [-0.15, -0.1) is 0 Å². The molecule has 1 aliphatic rings. The van der Waals surface area contributed by atoms with E-state index in [9.17, 15) is 5.11 Å². The van der Waals surface area contributed by atoms with Gasteiger partial charge in [0, 0.05) is 47.7 Å². The topological polar surface area (TPSA) is 54.2 Å². The van der Waals surface area contributed by atoms with Crippen molar-refractivity contribution in [3.05, 3.63) is 54.0 Å². The van der Waals surface area contributed by atoms with Gasteiger partial charge in [0.1, 0.15) is 0 Å². The number of nitrogens with zero attached hydrogens (tertiary/aromatic N) is 4. The van der Waals surface area contributed by atoms with Crippen LogP contribution in [0.15, 0.2) is 42.6 Å². The zero-order valence-electron chi connectivity index (χ0n) is 15.3. The summed E-state index contributed by atoms with van der Waals surface area (Å²) in [6.07, 6.45) is 5.01. The highest BCUT2D eigenvalue weighted by Gasteiger charge is 2.24. The zero-order valence-corrected chi connectivity index (χ0v) is 15.3. The van der Waals surface area contributed by atoms with Gasteiger partial charge in [-0.25, -0.2) is 0 Å². The maximum atomic E-state index is 9.23. The maximum absolute atomic E-state index is 9.23. The molecule has 0 saturated carbocycles. The molecule has 0 spiro atoms. The molecule has 5 nitrogen and oxygen atoms in total. The molecule has 0 bridgehead atoms. The Balaban J connectivity index is 1.57. The number of pyridine rings is 1. The summed E-state index contributed by atoms with van der Waals surface area (Å²) in [4.78, 5) is 7.28. The van der Waals surface area contributed by atoms with E-state index < -0.39 is 0 Å². The first-order valence-electron chi connectivity index (χ1n) is 9.56. The minimum atomic E-state index is 0.135. The van der Waals surface area contributed by atoms with Crippen LogP contribution in [0.2, 0.25) is 0 Å². The van der Waals surface area contributed by atoms with Gasteiger partial charge in [0.05, 0.1) is 18.7 Å². The van der Waals surface area contributed by atoms with Crippen LogP contribution in [0.25, 0.3) is 10.9 Å². The second-order valence-electron chi connectivity index (χ2n) is 6.97. The highest BCUT2D eigenvalue weighted by atomic mass is 16.3. The van der Waals surface area contributed by atoms with Crippen molar-refractivity contribution in [2.75, 3.05) is 24.6 Å². The predicted octanol–water partition coefficient (Wildman–Crippen LogP) is 3.37. The Kier molecular flexibility index (Phi) is 4.89. The van der Waals surface area contributed by atoms with E-state index in [1.54, 1.807) is 0 Å². The fourth-order valence-corrected chi connectivity index (χ4v) is 4.04. The Morgan fingerprint density at radius 2 is 1.96 bits per heavy atom. The molecule has 3 aromatic rings. The first-order valence-corrected chi connectivity index (χ1v) is 9.56. The zero-order chi connectivity index (χ0) is 17.9. The molecule has 1 saturated heterocycles. The number of aliphatic hydroxyl groups is 1. The Bertz CT molecular complexity index is 881. The number of aromatic nitrogens is 3.